The Balaban J connectivity index is 2.25. The molecule has 0 spiro atoms. The molecule has 0 aromatic heterocycles. The van der Waals surface area contributed by atoms with Gasteiger partial charge in [0.2, 0.25) is 0 Å². The fourth-order valence-corrected chi connectivity index (χ4v) is 2.24. The highest BCUT2D eigenvalue weighted by molar-refractivity contribution is 5.78. The number of hydrogen-bond acceptors (Lipinski definition) is 2. The largest absolute Gasteiger partial charge is 0.480 e. The number of para-hydroxylation sites is 1. The second kappa shape index (κ2) is 4.63. The molecular formula is C15H21NO2. The van der Waals surface area contributed by atoms with Crippen LogP contribution < -0.4 is 5.32 Å². The van der Waals surface area contributed by atoms with Gasteiger partial charge in [-0.2, -0.15) is 0 Å². The fourth-order valence-electron chi connectivity index (χ4n) is 2.24. The lowest BCUT2D eigenvalue weighted by Gasteiger charge is -2.25. The van der Waals surface area contributed by atoms with Crippen molar-refractivity contribution < 1.29 is 9.90 Å². The Morgan fingerprint density at radius 3 is 2.44 bits per heavy atom. The summed E-state index contributed by atoms with van der Waals surface area (Å²) in [6.07, 6.45) is 2.03. The minimum absolute atomic E-state index is 0.0101. The molecule has 3 heteroatoms. The average Bonchev–Trinajstić information content (AvgIpc) is 3.08. The van der Waals surface area contributed by atoms with Crippen LogP contribution in [0.15, 0.2) is 24.3 Å². The summed E-state index contributed by atoms with van der Waals surface area (Å²) < 4.78 is 0. The second-order valence-corrected chi connectivity index (χ2v) is 6.09. The van der Waals surface area contributed by atoms with Gasteiger partial charge >= 0.3 is 5.97 Å². The number of aliphatic carboxylic acids is 1. The summed E-state index contributed by atoms with van der Waals surface area (Å²) in [5.74, 6) is -0.461. The lowest BCUT2D eigenvalue weighted by atomic mass is 9.85. The average molecular weight is 247 g/mol. The molecule has 0 radical (unpaired) electrons. The summed E-state index contributed by atoms with van der Waals surface area (Å²) in [4.78, 5) is 11.3. The summed E-state index contributed by atoms with van der Waals surface area (Å²) >= 11 is 0. The number of anilines is 1. The van der Waals surface area contributed by atoms with Crippen molar-refractivity contribution in [1.82, 2.24) is 0 Å². The van der Waals surface area contributed by atoms with Gasteiger partial charge in [-0.05, 0) is 35.8 Å². The van der Waals surface area contributed by atoms with Crippen LogP contribution in [0.1, 0.15) is 39.2 Å². The fraction of sp³-hybridized carbons (Fsp3) is 0.533. The van der Waals surface area contributed by atoms with E-state index in [1.54, 1.807) is 0 Å². The Morgan fingerprint density at radius 1 is 1.33 bits per heavy atom. The molecule has 2 N–H and O–H groups in total. The van der Waals surface area contributed by atoms with Crippen LogP contribution >= 0.6 is 0 Å². The zero-order chi connectivity index (χ0) is 13.3. The van der Waals surface area contributed by atoms with Crippen molar-refractivity contribution in [3.05, 3.63) is 29.8 Å². The van der Waals surface area contributed by atoms with Crippen LogP contribution in [-0.2, 0) is 10.2 Å². The lowest BCUT2D eigenvalue weighted by Crippen LogP contribution is -2.32. The zero-order valence-corrected chi connectivity index (χ0v) is 11.2. The minimum atomic E-state index is -0.749. The Bertz CT molecular complexity index is 444. The van der Waals surface area contributed by atoms with E-state index in [9.17, 15) is 9.90 Å². The van der Waals surface area contributed by atoms with Gasteiger partial charge in [0.05, 0.1) is 0 Å². The molecule has 1 aromatic carbocycles. The second-order valence-electron chi connectivity index (χ2n) is 6.09. The third-order valence-electron chi connectivity index (χ3n) is 3.41. The van der Waals surface area contributed by atoms with Gasteiger partial charge in [0.15, 0.2) is 0 Å². The molecule has 0 aliphatic heterocycles. The molecule has 1 aliphatic rings. The van der Waals surface area contributed by atoms with Crippen LogP contribution in [0, 0.1) is 5.92 Å². The summed E-state index contributed by atoms with van der Waals surface area (Å²) in [5, 5.41) is 12.5. The maximum absolute atomic E-state index is 11.3. The van der Waals surface area contributed by atoms with Crippen LogP contribution in [0.25, 0.3) is 0 Å². The van der Waals surface area contributed by atoms with E-state index in [4.69, 9.17) is 0 Å². The van der Waals surface area contributed by atoms with Crippen molar-refractivity contribution in [1.29, 1.82) is 0 Å². The van der Waals surface area contributed by atoms with Crippen LogP contribution in [0.4, 0.5) is 5.69 Å². The lowest BCUT2D eigenvalue weighted by molar-refractivity contribution is -0.138. The standard InChI is InChI=1S/C15H21NO2/c1-15(2,3)11-6-4-5-7-12(11)16-13(14(17)18)10-8-9-10/h4-7,10,13,16H,8-9H2,1-3H3,(H,17,18). The summed E-state index contributed by atoms with van der Waals surface area (Å²) in [6.45, 7) is 6.42. The molecule has 98 valence electrons. The van der Waals surface area contributed by atoms with Gasteiger partial charge < -0.3 is 10.4 Å². The maximum atomic E-state index is 11.3. The van der Waals surface area contributed by atoms with Gasteiger partial charge in [-0.3, -0.25) is 0 Å². The molecular weight excluding hydrogens is 226 g/mol. The van der Waals surface area contributed by atoms with Crippen molar-refractivity contribution in [3.63, 3.8) is 0 Å². The van der Waals surface area contributed by atoms with E-state index in [1.165, 1.54) is 0 Å². The quantitative estimate of drug-likeness (QED) is 0.858. The van der Waals surface area contributed by atoms with E-state index in [2.05, 4.69) is 32.2 Å². The predicted molar refractivity (Wildman–Crippen MR) is 72.9 cm³/mol. The third kappa shape index (κ3) is 2.84. The predicted octanol–water partition coefficient (Wildman–Crippen LogP) is 3.26. The van der Waals surface area contributed by atoms with E-state index >= 15 is 0 Å². The molecule has 2 rings (SSSR count). The van der Waals surface area contributed by atoms with Gasteiger partial charge in [-0.15, -0.1) is 0 Å². The van der Waals surface area contributed by atoms with Crippen molar-refractivity contribution >= 4 is 11.7 Å². The van der Waals surface area contributed by atoms with Gasteiger partial charge in [0, 0.05) is 5.69 Å². The molecule has 1 aliphatic carbocycles. The van der Waals surface area contributed by atoms with E-state index in [1.807, 2.05) is 18.2 Å². The Labute approximate surface area is 108 Å². The van der Waals surface area contributed by atoms with Crippen LogP contribution in [-0.4, -0.2) is 17.1 Å². The number of carbonyl (C=O) groups is 1. The van der Waals surface area contributed by atoms with Gasteiger partial charge in [-0.25, -0.2) is 4.79 Å². The van der Waals surface area contributed by atoms with Gasteiger partial charge in [0.25, 0.3) is 0 Å². The first kappa shape index (κ1) is 12.9. The third-order valence-corrected chi connectivity index (χ3v) is 3.41. The summed E-state index contributed by atoms with van der Waals surface area (Å²) in [6, 6.07) is 7.53. The smallest absolute Gasteiger partial charge is 0.326 e. The molecule has 1 aromatic rings. The Kier molecular flexibility index (Phi) is 3.33. The number of hydrogen-bond donors (Lipinski definition) is 2. The molecule has 1 atom stereocenters. The summed E-state index contributed by atoms with van der Waals surface area (Å²) in [7, 11) is 0. The molecule has 1 unspecified atom stereocenters. The number of rotatable bonds is 4. The number of benzene rings is 1. The highest BCUT2D eigenvalue weighted by atomic mass is 16.4. The number of nitrogens with one attached hydrogen (secondary N) is 1. The Morgan fingerprint density at radius 2 is 1.94 bits per heavy atom. The molecule has 1 fully saturated rings. The van der Waals surface area contributed by atoms with Crippen molar-refractivity contribution in [2.75, 3.05) is 5.32 Å². The van der Waals surface area contributed by atoms with Crippen molar-refractivity contribution in [3.8, 4) is 0 Å². The molecule has 0 amide bonds. The molecule has 0 heterocycles. The first-order valence-electron chi connectivity index (χ1n) is 6.48. The molecule has 3 nitrogen and oxygen atoms in total. The maximum Gasteiger partial charge on any atom is 0.326 e. The van der Waals surface area contributed by atoms with E-state index in [-0.39, 0.29) is 11.3 Å². The van der Waals surface area contributed by atoms with E-state index in [0.717, 1.165) is 24.1 Å². The van der Waals surface area contributed by atoms with Crippen LogP contribution in [0.2, 0.25) is 0 Å². The number of carboxylic acid groups (broad SMARTS) is 1. The van der Waals surface area contributed by atoms with E-state index in [0.29, 0.717) is 0 Å². The van der Waals surface area contributed by atoms with Crippen molar-refractivity contribution in [2.45, 2.75) is 45.1 Å². The summed E-state index contributed by atoms with van der Waals surface area (Å²) in [5.41, 5.74) is 2.12. The topological polar surface area (TPSA) is 49.3 Å². The molecule has 18 heavy (non-hydrogen) atoms. The molecule has 0 bridgehead atoms. The first-order chi connectivity index (χ1) is 8.39. The van der Waals surface area contributed by atoms with Gasteiger partial charge in [-0.1, -0.05) is 39.0 Å². The van der Waals surface area contributed by atoms with Crippen LogP contribution in [0.3, 0.4) is 0 Å². The highest BCUT2D eigenvalue weighted by Gasteiger charge is 2.36. The molecule has 0 saturated heterocycles. The van der Waals surface area contributed by atoms with Crippen molar-refractivity contribution in [2.24, 2.45) is 5.92 Å². The number of carboxylic acids is 1. The minimum Gasteiger partial charge on any atom is -0.480 e. The van der Waals surface area contributed by atoms with Crippen LogP contribution in [0.5, 0.6) is 0 Å². The normalized spacial score (nSPS) is 17.3. The highest BCUT2D eigenvalue weighted by Crippen LogP contribution is 2.36. The molecule has 1 saturated carbocycles. The monoisotopic (exact) mass is 247 g/mol. The zero-order valence-electron chi connectivity index (χ0n) is 11.2. The Hall–Kier alpha value is -1.51. The SMILES string of the molecule is CC(C)(C)c1ccccc1NC(C(=O)O)C1CC1. The van der Waals surface area contributed by atoms with E-state index < -0.39 is 12.0 Å². The van der Waals surface area contributed by atoms with Gasteiger partial charge in [0.1, 0.15) is 6.04 Å². The first-order valence-corrected chi connectivity index (χ1v) is 6.48.